The maximum Gasteiger partial charge on any atom is 0.472 e. The summed E-state index contributed by atoms with van der Waals surface area (Å²) in [5, 5.41) is 50.0. The Morgan fingerprint density at radius 1 is 0.574 bits per heavy atom. The first kappa shape index (κ1) is 50.8. The second-order valence-corrected chi connectivity index (χ2v) is 16.2. The van der Waals surface area contributed by atoms with E-state index in [4.69, 9.17) is 18.5 Å². The summed E-state index contributed by atoms with van der Waals surface area (Å²) in [6.45, 7) is 4.19. The summed E-state index contributed by atoms with van der Waals surface area (Å²) in [6.07, 6.45) is 22.5. The molecule has 1 aliphatic rings. The second-order valence-electron chi connectivity index (χ2n) is 14.8. The van der Waals surface area contributed by atoms with E-state index in [9.17, 15) is 39.8 Å². The molecule has 54 heavy (non-hydrogen) atoms. The normalized spacial score (nSPS) is 23.6. The Morgan fingerprint density at radius 3 is 1.46 bits per heavy atom. The number of phosphoric ester groups is 1. The number of aliphatic hydroxyl groups excluding tert-OH is 5. The molecule has 0 bridgehead atoms. The van der Waals surface area contributed by atoms with Gasteiger partial charge in [0.1, 0.15) is 42.7 Å². The van der Waals surface area contributed by atoms with E-state index < -0.39 is 63.1 Å². The highest BCUT2D eigenvalue weighted by atomic mass is 31.2. The van der Waals surface area contributed by atoms with Gasteiger partial charge >= 0.3 is 13.8 Å². The molecule has 1 rings (SSSR count). The van der Waals surface area contributed by atoms with Crippen molar-refractivity contribution in [2.24, 2.45) is 0 Å². The van der Waals surface area contributed by atoms with Crippen molar-refractivity contribution in [2.75, 3.05) is 19.8 Å². The molecular formula is C41H77O12P. The summed E-state index contributed by atoms with van der Waals surface area (Å²) in [6, 6.07) is 0. The van der Waals surface area contributed by atoms with Crippen LogP contribution in [0.25, 0.3) is 0 Å². The molecular weight excluding hydrogens is 715 g/mol. The quantitative estimate of drug-likeness (QED) is 0.0159. The minimum Gasteiger partial charge on any atom is -0.457 e. The van der Waals surface area contributed by atoms with Gasteiger partial charge in [0.25, 0.3) is 0 Å². The number of carbonyl (C=O) groups is 1. The van der Waals surface area contributed by atoms with Crippen LogP contribution in [-0.4, -0.2) is 98.9 Å². The summed E-state index contributed by atoms with van der Waals surface area (Å²) in [5.74, 6) is -0.489. The summed E-state index contributed by atoms with van der Waals surface area (Å²) in [7, 11) is -5.01. The van der Waals surface area contributed by atoms with Crippen LogP contribution in [0, 0.1) is 0 Å². The number of aliphatic hydroxyl groups is 5. The summed E-state index contributed by atoms with van der Waals surface area (Å²) >= 11 is 0. The molecule has 0 radical (unpaired) electrons. The summed E-state index contributed by atoms with van der Waals surface area (Å²) < 4.78 is 34.0. The van der Waals surface area contributed by atoms with Crippen molar-refractivity contribution in [3.8, 4) is 0 Å². The van der Waals surface area contributed by atoms with Crippen LogP contribution < -0.4 is 0 Å². The van der Waals surface area contributed by atoms with Gasteiger partial charge in [0, 0.05) is 13.0 Å². The van der Waals surface area contributed by atoms with E-state index in [1.165, 1.54) is 70.6 Å². The van der Waals surface area contributed by atoms with Crippen LogP contribution in [-0.2, 0) is 27.9 Å². The number of allylic oxidation sites excluding steroid dienone is 4. The van der Waals surface area contributed by atoms with Gasteiger partial charge in [0.15, 0.2) is 0 Å². The highest BCUT2D eigenvalue weighted by Gasteiger charge is 2.51. The van der Waals surface area contributed by atoms with Gasteiger partial charge in [0.05, 0.1) is 13.2 Å². The molecule has 0 saturated heterocycles. The highest BCUT2D eigenvalue weighted by molar-refractivity contribution is 7.47. The third-order valence-electron chi connectivity index (χ3n) is 9.80. The van der Waals surface area contributed by atoms with Crippen LogP contribution in [0.15, 0.2) is 24.3 Å². The van der Waals surface area contributed by atoms with Gasteiger partial charge < -0.3 is 39.9 Å². The number of hydrogen-bond acceptors (Lipinski definition) is 11. The van der Waals surface area contributed by atoms with E-state index in [0.717, 1.165) is 70.6 Å². The minimum atomic E-state index is -5.01. The first-order chi connectivity index (χ1) is 26.0. The Hall–Kier alpha value is -1.18. The Bertz CT molecular complexity index is 995. The third kappa shape index (κ3) is 25.1. The van der Waals surface area contributed by atoms with Crippen LogP contribution >= 0.6 is 7.82 Å². The molecule has 0 spiro atoms. The molecule has 0 aromatic rings. The number of phosphoric acid groups is 1. The molecule has 13 heteroatoms. The van der Waals surface area contributed by atoms with Crippen LogP contribution in [0.5, 0.6) is 0 Å². The van der Waals surface area contributed by atoms with Crippen molar-refractivity contribution in [3.63, 3.8) is 0 Å². The van der Waals surface area contributed by atoms with E-state index in [-0.39, 0.29) is 13.0 Å². The molecule has 0 aliphatic heterocycles. The Kier molecular flexibility index (Phi) is 30.9. The molecule has 1 saturated carbocycles. The number of unbranched alkanes of at least 4 members (excludes halogenated alkanes) is 19. The van der Waals surface area contributed by atoms with E-state index in [2.05, 4.69) is 38.2 Å². The molecule has 318 valence electrons. The molecule has 0 heterocycles. The van der Waals surface area contributed by atoms with E-state index >= 15 is 0 Å². The van der Waals surface area contributed by atoms with Crippen LogP contribution in [0.4, 0.5) is 0 Å². The van der Waals surface area contributed by atoms with Crippen LogP contribution in [0.2, 0.25) is 0 Å². The van der Waals surface area contributed by atoms with Gasteiger partial charge in [-0.2, -0.15) is 0 Å². The zero-order valence-electron chi connectivity index (χ0n) is 33.5. The zero-order chi connectivity index (χ0) is 39.9. The van der Waals surface area contributed by atoms with Gasteiger partial charge in [-0.3, -0.25) is 13.8 Å². The van der Waals surface area contributed by atoms with Crippen LogP contribution in [0.1, 0.15) is 168 Å². The van der Waals surface area contributed by atoms with Crippen molar-refractivity contribution in [1.29, 1.82) is 0 Å². The first-order valence-electron chi connectivity index (χ1n) is 21.2. The molecule has 1 aliphatic carbocycles. The van der Waals surface area contributed by atoms with Gasteiger partial charge in [-0.25, -0.2) is 4.57 Å². The standard InChI is InChI=1S/C41H77O12P/c1-3-5-7-9-11-13-15-17-19-21-23-25-27-29-31-50-32-34(33-51-54(48,49)53-41-39(46)37(44)36(43)38(45)40(41)47)52-35(42)30-28-26-24-22-20-18-16-14-12-10-8-6-4-2/h13-16,34,36-41,43-47H,3-12,17-33H2,1-2H3,(H,48,49)/b15-13-,16-14-. The SMILES string of the molecule is CCCCCC/C=C\CCCCCCCCOCC(COP(=O)(O)OC1C(O)C(O)C(O)C(O)C1O)OC(=O)CCCCCCC/C=C\CCCCCC. The van der Waals surface area contributed by atoms with Crippen molar-refractivity contribution in [3.05, 3.63) is 24.3 Å². The second kappa shape index (κ2) is 32.9. The number of carbonyl (C=O) groups excluding carboxylic acids is 1. The monoisotopic (exact) mass is 793 g/mol. The maximum atomic E-state index is 12.8. The lowest BCUT2D eigenvalue weighted by Crippen LogP contribution is -2.64. The lowest BCUT2D eigenvalue weighted by molar-refractivity contribution is -0.220. The Balaban J connectivity index is 2.45. The summed E-state index contributed by atoms with van der Waals surface area (Å²) in [5.41, 5.74) is 0. The molecule has 1 fully saturated rings. The van der Waals surface area contributed by atoms with Crippen molar-refractivity contribution in [1.82, 2.24) is 0 Å². The predicted octanol–water partition coefficient (Wildman–Crippen LogP) is 7.75. The fourth-order valence-electron chi connectivity index (χ4n) is 6.34. The number of ether oxygens (including phenoxy) is 2. The Labute approximate surface area is 326 Å². The van der Waals surface area contributed by atoms with Crippen LogP contribution in [0.3, 0.4) is 0 Å². The average Bonchev–Trinajstić information content (AvgIpc) is 3.15. The molecule has 0 amide bonds. The molecule has 6 N–H and O–H groups in total. The smallest absolute Gasteiger partial charge is 0.457 e. The summed E-state index contributed by atoms with van der Waals surface area (Å²) in [4.78, 5) is 23.0. The van der Waals surface area contributed by atoms with Gasteiger partial charge in [0.2, 0.25) is 0 Å². The molecule has 12 nitrogen and oxygen atoms in total. The Morgan fingerprint density at radius 2 is 0.981 bits per heavy atom. The van der Waals surface area contributed by atoms with Gasteiger partial charge in [-0.1, -0.05) is 122 Å². The highest BCUT2D eigenvalue weighted by Crippen LogP contribution is 2.47. The van der Waals surface area contributed by atoms with Crippen molar-refractivity contribution >= 4 is 13.8 Å². The molecule has 6 atom stereocenters. The third-order valence-corrected chi connectivity index (χ3v) is 10.8. The average molecular weight is 793 g/mol. The topological polar surface area (TPSA) is 192 Å². The van der Waals surface area contributed by atoms with E-state index in [1.54, 1.807) is 0 Å². The number of rotatable bonds is 35. The van der Waals surface area contributed by atoms with E-state index in [0.29, 0.717) is 13.0 Å². The zero-order valence-corrected chi connectivity index (χ0v) is 34.4. The van der Waals surface area contributed by atoms with Gasteiger partial charge in [-0.05, 0) is 64.2 Å². The lowest BCUT2D eigenvalue weighted by atomic mass is 9.85. The largest absolute Gasteiger partial charge is 0.472 e. The van der Waals surface area contributed by atoms with E-state index in [1.807, 2.05) is 0 Å². The fourth-order valence-corrected chi connectivity index (χ4v) is 7.32. The fraction of sp³-hybridized carbons (Fsp3) is 0.878. The first-order valence-corrected chi connectivity index (χ1v) is 22.7. The van der Waals surface area contributed by atoms with Crippen molar-refractivity contribution in [2.45, 2.75) is 211 Å². The number of esters is 1. The number of hydrogen-bond donors (Lipinski definition) is 6. The van der Waals surface area contributed by atoms with Gasteiger partial charge in [-0.15, -0.1) is 0 Å². The maximum absolute atomic E-state index is 12.8. The van der Waals surface area contributed by atoms with Crippen molar-refractivity contribution < 1.29 is 58.3 Å². The predicted molar refractivity (Wildman–Crippen MR) is 212 cm³/mol. The minimum absolute atomic E-state index is 0.0824. The molecule has 0 aromatic carbocycles. The molecule has 6 unspecified atom stereocenters. The lowest BCUT2D eigenvalue weighted by Gasteiger charge is -2.41. The molecule has 0 aromatic heterocycles.